The van der Waals surface area contributed by atoms with Crippen molar-refractivity contribution in [2.45, 2.75) is 20.3 Å². The summed E-state index contributed by atoms with van der Waals surface area (Å²) in [6.45, 7) is 3.69. The van der Waals surface area contributed by atoms with E-state index in [2.05, 4.69) is 20.5 Å². The van der Waals surface area contributed by atoms with E-state index in [4.69, 9.17) is 4.42 Å². The topological polar surface area (TPSA) is 85.3 Å². The van der Waals surface area contributed by atoms with Crippen LogP contribution in [0.1, 0.15) is 33.4 Å². The molecule has 7 nitrogen and oxygen atoms in total. The Labute approximate surface area is 149 Å². The summed E-state index contributed by atoms with van der Waals surface area (Å²) in [6.07, 6.45) is 4.30. The number of fused-ring (bicyclic) bond motifs is 1. The minimum absolute atomic E-state index is 0.165. The third-order valence-corrected chi connectivity index (χ3v) is 3.97. The maximum Gasteiger partial charge on any atom is 0.255 e. The first kappa shape index (κ1) is 16.0. The number of rotatable bonds is 4. The molecule has 7 heteroatoms. The van der Waals surface area contributed by atoms with Crippen molar-refractivity contribution in [3.05, 3.63) is 77.4 Å². The molecule has 1 N–H and O–H groups in total. The summed E-state index contributed by atoms with van der Waals surface area (Å²) in [5.74, 6) is 0.936. The first-order chi connectivity index (χ1) is 12.6. The molecule has 0 aliphatic carbocycles. The molecule has 0 atom stereocenters. The maximum atomic E-state index is 12.5. The molecular formula is C19H17N5O2. The number of amides is 1. The minimum Gasteiger partial charge on any atom is -0.425 e. The Kier molecular flexibility index (Phi) is 3.96. The molecule has 1 aromatic carbocycles. The Hall–Kier alpha value is -3.48. The number of aryl methyl sites for hydroxylation is 2. The van der Waals surface area contributed by atoms with E-state index in [1.54, 1.807) is 19.1 Å². The zero-order valence-electron chi connectivity index (χ0n) is 14.4. The molecule has 0 spiro atoms. The monoisotopic (exact) mass is 347 g/mol. The van der Waals surface area contributed by atoms with Crippen molar-refractivity contribution in [2.24, 2.45) is 0 Å². The molecule has 0 unspecified atom stereocenters. The summed E-state index contributed by atoms with van der Waals surface area (Å²) < 4.78 is 7.26. The lowest BCUT2D eigenvalue weighted by molar-refractivity contribution is 0.102. The van der Waals surface area contributed by atoms with Gasteiger partial charge >= 0.3 is 0 Å². The number of carbonyl (C=O) groups is 1. The summed E-state index contributed by atoms with van der Waals surface area (Å²) in [7, 11) is 0. The van der Waals surface area contributed by atoms with Gasteiger partial charge in [0.05, 0.1) is 17.8 Å². The standard InChI is InChI=1S/C19H17N5O2/c1-12-10-24-11-16(7-8-17(24)20-12)21-19(25)15-5-3-14(4-6-15)9-18-23-22-13(2)26-18/h3-8,10-11H,9H2,1-2H3,(H,21,25). The van der Waals surface area contributed by atoms with E-state index < -0.39 is 0 Å². The molecule has 130 valence electrons. The molecule has 26 heavy (non-hydrogen) atoms. The number of hydrogen-bond donors (Lipinski definition) is 1. The SMILES string of the molecule is Cc1cn2cc(NC(=O)c3ccc(Cc4nnc(C)o4)cc3)ccc2n1. The molecule has 0 aliphatic rings. The van der Waals surface area contributed by atoms with Crippen LogP contribution in [0.3, 0.4) is 0 Å². The molecule has 1 amide bonds. The summed E-state index contributed by atoms with van der Waals surface area (Å²) in [6, 6.07) is 11.1. The average Bonchev–Trinajstić information content (AvgIpc) is 3.19. The van der Waals surface area contributed by atoms with Crippen LogP contribution in [0.5, 0.6) is 0 Å². The fourth-order valence-electron chi connectivity index (χ4n) is 2.75. The van der Waals surface area contributed by atoms with Crippen molar-refractivity contribution in [3.8, 4) is 0 Å². The van der Waals surface area contributed by atoms with E-state index >= 15 is 0 Å². The highest BCUT2D eigenvalue weighted by atomic mass is 16.4. The van der Waals surface area contributed by atoms with Crippen LogP contribution in [0.2, 0.25) is 0 Å². The van der Waals surface area contributed by atoms with Gasteiger partial charge in [0.2, 0.25) is 11.8 Å². The summed E-state index contributed by atoms with van der Waals surface area (Å²) >= 11 is 0. The fraction of sp³-hybridized carbons (Fsp3) is 0.158. The lowest BCUT2D eigenvalue weighted by Crippen LogP contribution is -2.12. The van der Waals surface area contributed by atoms with Gasteiger partial charge in [-0.2, -0.15) is 0 Å². The lowest BCUT2D eigenvalue weighted by atomic mass is 10.1. The molecule has 0 saturated carbocycles. The summed E-state index contributed by atoms with van der Waals surface area (Å²) in [5.41, 5.74) is 4.07. The van der Waals surface area contributed by atoms with Crippen molar-refractivity contribution < 1.29 is 9.21 Å². The number of carbonyl (C=O) groups excluding carboxylic acids is 1. The van der Waals surface area contributed by atoms with Gasteiger partial charge in [-0.15, -0.1) is 10.2 Å². The van der Waals surface area contributed by atoms with E-state index in [0.29, 0.717) is 29.5 Å². The average molecular weight is 347 g/mol. The molecule has 0 saturated heterocycles. The van der Waals surface area contributed by atoms with E-state index in [0.717, 1.165) is 16.9 Å². The molecule has 3 heterocycles. The Morgan fingerprint density at radius 2 is 1.88 bits per heavy atom. The second-order valence-electron chi connectivity index (χ2n) is 6.11. The Bertz CT molecular complexity index is 1080. The van der Waals surface area contributed by atoms with Crippen molar-refractivity contribution in [2.75, 3.05) is 5.32 Å². The van der Waals surface area contributed by atoms with Crippen LogP contribution in [0.4, 0.5) is 5.69 Å². The van der Waals surface area contributed by atoms with Crippen LogP contribution >= 0.6 is 0 Å². The number of hydrogen-bond acceptors (Lipinski definition) is 5. The number of nitrogens with zero attached hydrogens (tertiary/aromatic N) is 4. The molecular weight excluding hydrogens is 330 g/mol. The minimum atomic E-state index is -0.165. The number of imidazole rings is 1. The van der Waals surface area contributed by atoms with Crippen LogP contribution in [0.15, 0.2) is 53.2 Å². The summed E-state index contributed by atoms with van der Waals surface area (Å²) in [5, 5.41) is 10.7. The molecule has 0 aliphatic heterocycles. The number of anilines is 1. The van der Waals surface area contributed by atoms with Crippen LogP contribution in [-0.4, -0.2) is 25.5 Å². The second-order valence-corrected chi connectivity index (χ2v) is 6.11. The van der Waals surface area contributed by atoms with E-state index in [1.165, 1.54) is 0 Å². The van der Waals surface area contributed by atoms with Crippen molar-refractivity contribution in [1.29, 1.82) is 0 Å². The van der Waals surface area contributed by atoms with Gasteiger partial charge in [0, 0.05) is 24.9 Å². The van der Waals surface area contributed by atoms with E-state index in [9.17, 15) is 4.79 Å². The molecule has 3 aromatic heterocycles. The highest BCUT2D eigenvalue weighted by molar-refractivity contribution is 6.04. The summed E-state index contributed by atoms with van der Waals surface area (Å²) in [4.78, 5) is 16.8. The highest BCUT2D eigenvalue weighted by Crippen LogP contribution is 2.14. The Balaban J connectivity index is 1.46. The normalized spacial score (nSPS) is 11.0. The van der Waals surface area contributed by atoms with E-state index in [-0.39, 0.29) is 5.91 Å². The first-order valence-corrected chi connectivity index (χ1v) is 8.21. The molecule has 0 fully saturated rings. The number of aromatic nitrogens is 4. The fourth-order valence-corrected chi connectivity index (χ4v) is 2.75. The van der Waals surface area contributed by atoms with Gasteiger partial charge in [-0.05, 0) is 36.8 Å². The van der Waals surface area contributed by atoms with Crippen molar-refractivity contribution in [3.63, 3.8) is 0 Å². The third-order valence-electron chi connectivity index (χ3n) is 3.97. The quantitative estimate of drug-likeness (QED) is 0.613. The lowest BCUT2D eigenvalue weighted by Gasteiger charge is -2.06. The third kappa shape index (κ3) is 3.32. The van der Waals surface area contributed by atoms with Gasteiger partial charge in [-0.25, -0.2) is 4.98 Å². The van der Waals surface area contributed by atoms with Crippen LogP contribution in [0, 0.1) is 13.8 Å². The van der Waals surface area contributed by atoms with Crippen LogP contribution in [0.25, 0.3) is 5.65 Å². The molecule has 0 bridgehead atoms. The van der Waals surface area contributed by atoms with Gasteiger partial charge < -0.3 is 14.1 Å². The van der Waals surface area contributed by atoms with Crippen molar-refractivity contribution >= 4 is 17.2 Å². The van der Waals surface area contributed by atoms with Gasteiger partial charge in [-0.3, -0.25) is 4.79 Å². The van der Waals surface area contributed by atoms with Gasteiger partial charge in [0.1, 0.15) is 5.65 Å². The predicted octanol–water partition coefficient (Wildman–Crippen LogP) is 3.18. The number of nitrogens with one attached hydrogen (secondary N) is 1. The Morgan fingerprint density at radius 3 is 2.62 bits per heavy atom. The largest absolute Gasteiger partial charge is 0.425 e. The van der Waals surface area contributed by atoms with E-state index in [1.807, 2.05) is 48.0 Å². The molecule has 4 rings (SSSR count). The van der Waals surface area contributed by atoms with Gasteiger partial charge in [0.15, 0.2) is 0 Å². The first-order valence-electron chi connectivity index (χ1n) is 8.21. The molecule has 4 aromatic rings. The zero-order chi connectivity index (χ0) is 18.1. The number of benzene rings is 1. The zero-order valence-corrected chi connectivity index (χ0v) is 14.4. The predicted molar refractivity (Wildman–Crippen MR) is 96.2 cm³/mol. The van der Waals surface area contributed by atoms with Crippen LogP contribution < -0.4 is 5.32 Å². The van der Waals surface area contributed by atoms with Crippen LogP contribution in [-0.2, 0) is 6.42 Å². The second kappa shape index (κ2) is 6.44. The Morgan fingerprint density at radius 1 is 1.08 bits per heavy atom. The highest BCUT2D eigenvalue weighted by Gasteiger charge is 2.09. The van der Waals surface area contributed by atoms with Gasteiger partial charge in [-0.1, -0.05) is 12.1 Å². The van der Waals surface area contributed by atoms with Gasteiger partial charge in [0.25, 0.3) is 5.91 Å². The van der Waals surface area contributed by atoms with Crippen molar-refractivity contribution in [1.82, 2.24) is 19.6 Å². The molecule has 0 radical (unpaired) electrons. The number of pyridine rings is 1. The maximum absolute atomic E-state index is 12.5. The smallest absolute Gasteiger partial charge is 0.255 e.